The number of hydrogen-bond donors (Lipinski definition) is 1. The third-order valence-corrected chi connectivity index (χ3v) is 1.89. The van der Waals surface area contributed by atoms with E-state index in [0.717, 1.165) is 7.05 Å². The number of nitrogens with one attached hydrogen (secondary N) is 1. The van der Waals surface area contributed by atoms with Gasteiger partial charge in [-0.2, -0.15) is 13.2 Å². The predicted octanol–water partition coefficient (Wildman–Crippen LogP) is -0.0103. The lowest BCUT2D eigenvalue weighted by Crippen LogP contribution is -2.61. The van der Waals surface area contributed by atoms with Crippen LogP contribution in [0.3, 0.4) is 0 Å². The first-order valence-electron chi connectivity index (χ1n) is 3.98. The molecule has 0 saturated carbocycles. The van der Waals surface area contributed by atoms with Crippen molar-refractivity contribution in [3.63, 3.8) is 0 Å². The molecule has 0 aromatic carbocycles. The van der Waals surface area contributed by atoms with Gasteiger partial charge in [0.25, 0.3) is 0 Å². The molecule has 0 aromatic rings. The van der Waals surface area contributed by atoms with Gasteiger partial charge in [0.15, 0.2) is 0 Å². The summed E-state index contributed by atoms with van der Waals surface area (Å²) in [5.41, 5.74) is -3.61. The average molecular weight is 240 g/mol. The third-order valence-electron chi connectivity index (χ3n) is 1.89. The van der Waals surface area contributed by atoms with E-state index < -0.39 is 29.8 Å². The lowest BCUT2D eigenvalue weighted by Gasteiger charge is -2.27. The molecule has 90 valence electrons. The van der Waals surface area contributed by atoms with Crippen LogP contribution in [0.15, 0.2) is 0 Å². The van der Waals surface area contributed by atoms with Crippen LogP contribution in [0.2, 0.25) is 0 Å². The van der Waals surface area contributed by atoms with Crippen molar-refractivity contribution in [1.29, 1.82) is 0 Å². The molecule has 0 spiro atoms. The Morgan fingerprint density at radius 1 is 1.44 bits per heavy atom. The van der Waals surface area contributed by atoms with Gasteiger partial charge in [0, 0.05) is 14.0 Å². The van der Waals surface area contributed by atoms with Gasteiger partial charge in [0.2, 0.25) is 0 Å². The standard InChI is InChI=1S/C7H7F3N2O4/c1-3(13)16-6(7(8,9)10)4(14)12(2)5(15)11-6/h1-2H3,(H,11,15). The molecule has 1 rings (SSSR count). The number of rotatable bonds is 1. The number of imide groups is 1. The Morgan fingerprint density at radius 2 is 1.94 bits per heavy atom. The Kier molecular flexibility index (Phi) is 2.57. The summed E-state index contributed by atoms with van der Waals surface area (Å²) in [4.78, 5) is 33.0. The van der Waals surface area contributed by atoms with Crippen LogP contribution in [0.1, 0.15) is 6.92 Å². The van der Waals surface area contributed by atoms with Crippen molar-refractivity contribution in [3.05, 3.63) is 0 Å². The Hall–Kier alpha value is -1.80. The smallest absolute Gasteiger partial charge is 0.420 e. The van der Waals surface area contributed by atoms with E-state index in [1.165, 1.54) is 5.32 Å². The highest BCUT2D eigenvalue weighted by atomic mass is 19.4. The van der Waals surface area contributed by atoms with E-state index in [1.807, 2.05) is 0 Å². The number of nitrogens with zero attached hydrogens (tertiary/aromatic N) is 1. The zero-order valence-corrected chi connectivity index (χ0v) is 8.21. The van der Waals surface area contributed by atoms with Crippen LogP contribution in [-0.2, 0) is 14.3 Å². The molecule has 1 atom stereocenters. The normalized spacial score (nSPS) is 25.7. The van der Waals surface area contributed by atoms with E-state index in [4.69, 9.17) is 0 Å². The van der Waals surface area contributed by atoms with Gasteiger partial charge >= 0.3 is 29.8 Å². The van der Waals surface area contributed by atoms with Crippen molar-refractivity contribution >= 4 is 17.9 Å². The molecule has 1 heterocycles. The SMILES string of the molecule is CC(=O)OC1(C(F)(F)F)NC(=O)N(C)C1=O. The Labute approximate surface area is 87.3 Å². The molecule has 1 N–H and O–H groups in total. The summed E-state index contributed by atoms with van der Waals surface area (Å²) in [6, 6.07) is -1.29. The molecule has 0 aliphatic carbocycles. The van der Waals surface area contributed by atoms with Crippen molar-refractivity contribution < 1.29 is 32.3 Å². The summed E-state index contributed by atoms with van der Waals surface area (Å²) in [6.07, 6.45) is -5.23. The molecule has 1 aliphatic rings. The molecular formula is C7H7F3N2O4. The Balaban J connectivity index is 3.22. The van der Waals surface area contributed by atoms with Crippen LogP contribution < -0.4 is 5.32 Å². The number of likely N-dealkylation sites (N-methyl/N-ethyl adjacent to an activating group) is 1. The first-order valence-corrected chi connectivity index (χ1v) is 3.98. The number of carbonyl (C=O) groups excluding carboxylic acids is 3. The van der Waals surface area contributed by atoms with Crippen LogP contribution in [-0.4, -0.2) is 41.8 Å². The second-order valence-electron chi connectivity index (χ2n) is 3.07. The highest BCUT2D eigenvalue weighted by molar-refractivity contribution is 6.07. The monoisotopic (exact) mass is 240 g/mol. The maximum atomic E-state index is 12.6. The van der Waals surface area contributed by atoms with Crippen molar-refractivity contribution in [3.8, 4) is 0 Å². The van der Waals surface area contributed by atoms with Crippen LogP contribution in [0.4, 0.5) is 18.0 Å². The van der Waals surface area contributed by atoms with Gasteiger partial charge in [-0.3, -0.25) is 19.8 Å². The molecule has 16 heavy (non-hydrogen) atoms. The first-order chi connectivity index (χ1) is 7.12. The number of ether oxygens (including phenoxy) is 1. The Morgan fingerprint density at radius 3 is 2.19 bits per heavy atom. The van der Waals surface area contributed by atoms with Gasteiger partial charge in [-0.05, 0) is 0 Å². The number of carbonyl (C=O) groups is 3. The summed E-state index contributed by atoms with van der Waals surface area (Å²) in [5.74, 6) is -3.01. The maximum absolute atomic E-state index is 12.6. The summed E-state index contributed by atoms with van der Waals surface area (Å²) in [7, 11) is 0.842. The van der Waals surface area contributed by atoms with E-state index in [0.29, 0.717) is 6.92 Å². The number of amides is 3. The van der Waals surface area contributed by atoms with E-state index in [2.05, 4.69) is 4.74 Å². The van der Waals surface area contributed by atoms with Gasteiger partial charge in [-0.15, -0.1) is 0 Å². The molecule has 1 saturated heterocycles. The van der Waals surface area contributed by atoms with Crippen molar-refractivity contribution in [2.24, 2.45) is 0 Å². The lowest BCUT2D eigenvalue weighted by atomic mass is 10.2. The van der Waals surface area contributed by atoms with E-state index >= 15 is 0 Å². The van der Waals surface area contributed by atoms with Gasteiger partial charge in [0.05, 0.1) is 0 Å². The summed E-state index contributed by atoms with van der Waals surface area (Å²) >= 11 is 0. The molecule has 1 aliphatic heterocycles. The molecule has 0 aromatic heterocycles. The van der Waals surface area contributed by atoms with Crippen LogP contribution in [0.25, 0.3) is 0 Å². The molecule has 0 radical (unpaired) electrons. The zero-order chi connectivity index (χ0) is 12.7. The second-order valence-corrected chi connectivity index (χ2v) is 3.07. The summed E-state index contributed by atoms with van der Waals surface area (Å²) in [6.45, 7) is 0.700. The summed E-state index contributed by atoms with van der Waals surface area (Å²) < 4.78 is 41.8. The topological polar surface area (TPSA) is 75.7 Å². The quantitative estimate of drug-likeness (QED) is 0.516. The number of hydrogen-bond acceptors (Lipinski definition) is 4. The van der Waals surface area contributed by atoms with E-state index in [-0.39, 0.29) is 4.90 Å². The zero-order valence-electron chi connectivity index (χ0n) is 8.21. The van der Waals surface area contributed by atoms with Gasteiger partial charge in [0.1, 0.15) is 0 Å². The average Bonchev–Trinajstić information content (AvgIpc) is 2.29. The molecule has 0 bridgehead atoms. The molecule has 1 unspecified atom stereocenters. The van der Waals surface area contributed by atoms with Gasteiger partial charge < -0.3 is 4.74 Å². The van der Waals surface area contributed by atoms with Crippen molar-refractivity contribution in [1.82, 2.24) is 10.2 Å². The first kappa shape index (κ1) is 12.3. The summed E-state index contributed by atoms with van der Waals surface area (Å²) in [5, 5.41) is 1.31. The molecule has 3 amide bonds. The number of alkyl halides is 3. The van der Waals surface area contributed by atoms with Crippen LogP contribution in [0.5, 0.6) is 0 Å². The predicted molar refractivity (Wildman–Crippen MR) is 41.9 cm³/mol. The number of halogens is 3. The molecular weight excluding hydrogens is 233 g/mol. The van der Waals surface area contributed by atoms with E-state index in [1.54, 1.807) is 0 Å². The lowest BCUT2D eigenvalue weighted by molar-refractivity contribution is -0.263. The third kappa shape index (κ3) is 1.57. The largest absolute Gasteiger partial charge is 0.459 e. The van der Waals surface area contributed by atoms with Crippen molar-refractivity contribution in [2.45, 2.75) is 18.8 Å². The minimum absolute atomic E-state index is 0.191. The fourth-order valence-corrected chi connectivity index (χ4v) is 1.15. The number of urea groups is 1. The van der Waals surface area contributed by atoms with E-state index in [9.17, 15) is 27.6 Å². The van der Waals surface area contributed by atoms with Crippen molar-refractivity contribution in [2.75, 3.05) is 7.05 Å². The molecule has 6 nitrogen and oxygen atoms in total. The second kappa shape index (κ2) is 3.35. The Bertz CT molecular complexity index is 363. The van der Waals surface area contributed by atoms with Gasteiger partial charge in [-0.25, -0.2) is 4.79 Å². The van der Waals surface area contributed by atoms with Crippen LogP contribution in [0, 0.1) is 0 Å². The minimum Gasteiger partial charge on any atom is -0.420 e. The number of esters is 1. The van der Waals surface area contributed by atoms with Gasteiger partial charge in [-0.1, -0.05) is 0 Å². The minimum atomic E-state index is -5.23. The maximum Gasteiger partial charge on any atom is 0.459 e. The highest BCUT2D eigenvalue weighted by Gasteiger charge is 2.70. The molecule has 9 heteroatoms. The van der Waals surface area contributed by atoms with Crippen LogP contribution >= 0.6 is 0 Å². The fraction of sp³-hybridized carbons (Fsp3) is 0.571. The molecule has 1 fully saturated rings. The fourth-order valence-electron chi connectivity index (χ4n) is 1.15. The highest BCUT2D eigenvalue weighted by Crippen LogP contribution is 2.36.